The van der Waals surface area contributed by atoms with Gasteiger partial charge in [0, 0.05) is 11.6 Å². The molecule has 0 heterocycles. The van der Waals surface area contributed by atoms with Crippen LogP contribution in [0.1, 0.15) is 43.6 Å². The second kappa shape index (κ2) is 8.57. The number of aryl methyl sites for hydroxylation is 1. The van der Waals surface area contributed by atoms with Gasteiger partial charge < -0.3 is 5.32 Å². The molecule has 1 amide bonds. The topological polar surface area (TPSA) is 75.3 Å². The van der Waals surface area contributed by atoms with E-state index in [2.05, 4.69) is 37.7 Å². The van der Waals surface area contributed by atoms with Crippen molar-refractivity contribution in [1.29, 1.82) is 0 Å². The average molecular weight is 389 g/mol. The van der Waals surface area contributed by atoms with E-state index >= 15 is 0 Å². The monoisotopic (exact) mass is 388 g/mol. The predicted octanol–water partition coefficient (Wildman–Crippen LogP) is 4.21. The minimum atomic E-state index is -3.71. The third-order valence-corrected chi connectivity index (χ3v) is 5.91. The summed E-state index contributed by atoms with van der Waals surface area (Å²) in [5.41, 5.74) is 1.57. The molecular formula is C21H28N2O3S. The van der Waals surface area contributed by atoms with Crippen LogP contribution >= 0.6 is 0 Å². The summed E-state index contributed by atoms with van der Waals surface area (Å²) < 4.78 is 27.7. The third-order valence-electron chi connectivity index (χ3n) is 4.53. The Morgan fingerprint density at radius 3 is 2.07 bits per heavy atom. The number of sulfonamides is 1. The molecule has 0 radical (unpaired) electrons. The number of carbonyl (C=O) groups excluding carboxylic acids is 1. The Bertz CT molecular complexity index is 883. The Morgan fingerprint density at radius 1 is 0.926 bits per heavy atom. The molecule has 6 heteroatoms. The molecule has 0 fully saturated rings. The highest BCUT2D eigenvalue weighted by Crippen LogP contribution is 2.22. The SMILES string of the molecule is Cc1ccc(C(=O)NC(C(C)C)C(C)C)cc1NS(=O)(=O)c1ccccc1. The van der Waals surface area contributed by atoms with Crippen molar-refractivity contribution in [1.82, 2.24) is 5.32 Å². The summed E-state index contributed by atoms with van der Waals surface area (Å²) in [4.78, 5) is 12.9. The van der Waals surface area contributed by atoms with E-state index in [-0.39, 0.29) is 16.8 Å². The van der Waals surface area contributed by atoms with Crippen molar-refractivity contribution >= 4 is 21.6 Å². The molecule has 27 heavy (non-hydrogen) atoms. The fraction of sp³-hybridized carbons (Fsp3) is 0.381. The molecule has 0 spiro atoms. The fourth-order valence-electron chi connectivity index (χ4n) is 3.01. The highest BCUT2D eigenvalue weighted by atomic mass is 32.2. The zero-order chi connectivity index (χ0) is 20.2. The minimum Gasteiger partial charge on any atom is -0.349 e. The lowest BCUT2D eigenvalue weighted by molar-refractivity contribution is 0.0910. The van der Waals surface area contributed by atoms with E-state index in [1.54, 1.807) is 43.3 Å². The molecular weight excluding hydrogens is 360 g/mol. The van der Waals surface area contributed by atoms with E-state index in [0.29, 0.717) is 23.1 Å². The second-order valence-electron chi connectivity index (χ2n) is 7.44. The smallest absolute Gasteiger partial charge is 0.261 e. The first-order valence-electron chi connectivity index (χ1n) is 9.11. The number of rotatable bonds is 7. The number of amides is 1. The van der Waals surface area contributed by atoms with Crippen LogP contribution < -0.4 is 10.0 Å². The molecule has 2 N–H and O–H groups in total. The lowest BCUT2D eigenvalue weighted by Crippen LogP contribution is -2.42. The van der Waals surface area contributed by atoms with Crippen LogP contribution in [0.5, 0.6) is 0 Å². The van der Waals surface area contributed by atoms with Crippen molar-refractivity contribution in [3.63, 3.8) is 0 Å². The van der Waals surface area contributed by atoms with Gasteiger partial charge in [-0.2, -0.15) is 0 Å². The standard InChI is InChI=1S/C21H28N2O3S/c1-14(2)20(15(3)4)22-21(24)17-12-11-16(5)19(13-17)23-27(25,26)18-9-7-6-8-10-18/h6-15,20,23H,1-5H3,(H,22,24). The highest BCUT2D eigenvalue weighted by molar-refractivity contribution is 7.92. The van der Waals surface area contributed by atoms with Gasteiger partial charge in [0.1, 0.15) is 0 Å². The first kappa shape index (κ1) is 21.0. The summed E-state index contributed by atoms with van der Waals surface area (Å²) in [5.74, 6) is 0.397. The van der Waals surface area contributed by atoms with Crippen LogP contribution in [0, 0.1) is 18.8 Å². The van der Waals surface area contributed by atoms with Gasteiger partial charge in [0.2, 0.25) is 0 Å². The molecule has 5 nitrogen and oxygen atoms in total. The Balaban J connectivity index is 2.27. The Kier molecular flexibility index (Phi) is 6.65. The minimum absolute atomic E-state index is 0.0447. The summed E-state index contributed by atoms with van der Waals surface area (Å²) >= 11 is 0. The Morgan fingerprint density at radius 2 is 1.52 bits per heavy atom. The van der Waals surface area contributed by atoms with Crippen LogP contribution in [-0.4, -0.2) is 20.4 Å². The van der Waals surface area contributed by atoms with Gasteiger partial charge in [-0.1, -0.05) is 52.0 Å². The number of carbonyl (C=O) groups is 1. The van der Waals surface area contributed by atoms with E-state index in [9.17, 15) is 13.2 Å². The summed E-state index contributed by atoms with van der Waals surface area (Å²) in [5, 5.41) is 3.06. The number of nitrogens with one attached hydrogen (secondary N) is 2. The fourth-order valence-corrected chi connectivity index (χ4v) is 4.16. The van der Waals surface area contributed by atoms with Crippen molar-refractivity contribution in [2.75, 3.05) is 4.72 Å². The van der Waals surface area contributed by atoms with Crippen molar-refractivity contribution in [3.05, 3.63) is 59.7 Å². The molecule has 2 aromatic rings. The number of anilines is 1. The van der Waals surface area contributed by atoms with Gasteiger partial charge >= 0.3 is 0 Å². The Hall–Kier alpha value is -2.34. The summed E-state index contributed by atoms with van der Waals surface area (Å²) in [6.07, 6.45) is 0. The Labute approximate surface area is 162 Å². The van der Waals surface area contributed by atoms with Crippen LogP contribution in [0.3, 0.4) is 0 Å². The molecule has 0 saturated carbocycles. The molecule has 0 unspecified atom stereocenters. The van der Waals surface area contributed by atoms with Crippen LogP contribution in [0.25, 0.3) is 0 Å². The quantitative estimate of drug-likeness (QED) is 0.746. The van der Waals surface area contributed by atoms with Crippen LogP contribution in [0.4, 0.5) is 5.69 Å². The molecule has 2 rings (SSSR count). The predicted molar refractivity (Wildman–Crippen MR) is 109 cm³/mol. The molecule has 0 atom stereocenters. The molecule has 0 aliphatic carbocycles. The molecule has 0 saturated heterocycles. The molecule has 0 bridgehead atoms. The molecule has 0 aliphatic heterocycles. The first-order chi connectivity index (χ1) is 12.6. The zero-order valence-electron chi connectivity index (χ0n) is 16.5. The van der Waals surface area contributed by atoms with E-state index in [1.807, 2.05) is 0 Å². The van der Waals surface area contributed by atoms with Crippen LogP contribution in [0.2, 0.25) is 0 Å². The average Bonchev–Trinajstić information content (AvgIpc) is 2.61. The maximum absolute atomic E-state index is 12.7. The maximum Gasteiger partial charge on any atom is 0.261 e. The summed E-state index contributed by atoms with van der Waals surface area (Å²) in [6.45, 7) is 10.1. The highest BCUT2D eigenvalue weighted by Gasteiger charge is 2.21. The van der Waals surface area contributed by atoms with Gasteiger partial charge in [-0.25, -0.2) is 8.42 Å². The lowest BCUT2D eigenvalue weighted by atomic mass is 9.93. The van der Waals surface area contributed by atoms with Crippen molar-refractivity contribution in [2.24, 2.45) is 11.8 Å². The van der Waals surface area contributed by atoms with Gasteiger partial charge in [0.05, 0.1) is 10.6 Å². The molecule has 0 aromatic heterocycles. The van der Waals surface area contributed by atoms with Crippen LogP contribution in [0.15, 0.2) is 53.4 Å². The van der Waals surface area contributed by atoms with Gasteiger partial charge in [0.15, 0.2) is 0 Å². The van der Waals surface area contributed by atoms with Gasteiger partial charge in [-0.3, -0.25) is 9.52 Å². The second-order valence-corrected chi connectivity index (χ2v) is 9.12. The molecule has 0 aliphatic rings. The van der Waals surface area contributed by atoms with Crippen molar-refractivity contribution < 1.29 is 13.2 Å². The van der Waals surface area contributed by atoms with E-state index in [1.165, 1.54) is 12.1 Å². The number of hydrogen-bond acceptors (Lipinski definition) is 3. The largest absolute Gasteiger partial charge is 0.349 e. The maximum atomic E-state index is 12.7. The van der Waals surface area contributed by atoms with Gasteiger partial charge in [0.25, 0.3) is 15.9 Å². The zero-order valence-corrected chi connectivity index (χ0v) is 17.3. The summed E-state index contributed by atoms with van der Waals surface area (Å²) in [7, 11) is -3.71. The first-order valence-corrected chi connectivity index (χ1v) is 10.6. The van der Waals surface area contributed by atoms with E-state index in [4.69, 9.17) is 0 Å². The van der Waals surface area contributed by atoms with E-state index < -0.39 is 10.0 Å². The van der Waals surface area contributed by atoms with Crippen LogP contribution in [-0.2, 0) is 10.0 Å². The van der Waals surface area contributed by atoms with Crippen molar-refractivity contribution in [3.8, 4) is 0 Å². The number of benzene rings is 2. The van der Waals surface area contributed by atoms with Gasteiger partial charge in [-0.15, -0.1) is 0 Å². The number of hydrogen-bond donors (Lipinski definition) is 2. The normalized spacial score (nSPS) is 11.9. The van der Waals surface area contributed by atoms with Gasteiger partial charge in [-0.05, 0) is 48.6 Å². The lowest BCUT2D eigenvalue weighted by Gasteiger charge is -2.26. The molecule has 146 valence electrons. The van der Waals surface area contributed by atoms with Crippen molar-refractivity contribution in [2.45, 2.75) is 45.6 Å². The van der Waals surface area contributed by atoms with E-state index in [0.717, 1.165) is 5.56 Å². The summed E-state index contributed by atoms with van der Waals surface area (Å²) in [6, 6.07) is 13.3. The molecule has 2 aromatic carbocycles. The third kappa shape index (κ3) is 5.32.